The van der Waals surface area contributed by atoms with E-state index in [0.29, 0.717) is 0 Å². The summed E-state index contributed by atoms with van der Waals surface area (Å²) in [4.78, 5) is 2.50. The maximum atomic E-state index is 5.72. The first kappa shape index (κ1) is 10.3. The molecule has 0 aromatic carbocycles. The van der Waals surface area contributed by atoms with Gasteiger partial charge >= 0.3 is 0 Å². The fraction of sp³-hybridized carbons (Fsp3) is 1.00. The summed E-state index contributed by atoms with van der Waals surface area (Å²) in [6, 6.07) is 0. The Morgan fingerprint density at radius 2 is 2.25 bits per heavy atom. The lowest BCUT2D eigenvalue weighted by Gasteiger charge is -2.34. The molecule has 1 rings (SSSR count). The number of halogens is 1. The molecule has 0 saturated carbocycles. The molecule has 1 nitrogen and oxygen atoms in total. The van der Waals surface area contributed by atoms with Crippen molar-refractivity contribution in [3.63, 3.8) is 0 Å². The highest BCUT2D eigenvalue weighted by molar-refractivity contribution is 6.18. The summed E-state index contributed by atoms with van der Waals surface area (Å²) in [7, 11) is 0. The Kier molecular flexibility index (Phi) is 4.38. The van der Waals surface area contributed by atoms with Crippen LogP contribution in [0.5, 0.6) is 0 Å². The number of likely N-dealkylation sites (tertiary alicyclic amines) is 1. The van der Waals surface area contributed by atoms with Crippen LogP contribution in [0.1, 0.15) is 26.7 Å². The van der Waals surface area contributed by atoms with Crippen LogP contribution in [0.3, 0.4) is 0 Å². The van der Waals surface area contributed by atoms with Crippen molar-refractivity contribution in [1.29, 1.82) is 0 Å². The van der Waals surface area contributed by atoms with Crippen molar-refractivity contribution < 1.29 is 0 Å². The van der Waals surface area contributed by atoms with Gasteiger partial charge in [0.25, 0.3) is 0 Å². The molecule has 0 amide bonds. The molecule has 0 radical (unpaired) electrons. The second kappa shape index (κ2) is 5.08. The Labute approximate surface area is 81.1 Å². The smallest absolute Gasteiger partial charge is 0.0351 e. The van der Waals surface area contributed by atoms with Crippen molar-refractivity contribution >= 4 is 11.6 Å². The average Bonchev–Trinajstić information content (AvgIpc) is 2.05. The molecular formula is C10H20ClN. The standard InChI is InChI=1S/C10H20ClN/c1-9(2)10-4-3-6-12(8-10)7-5-11/h9-10H,3-8H2,1-2H3/t10-/m0/s1. The quantitative estimate of drug-likeness (QED) is 0.617. The fourth-order valence-corrected chi connectivity index (χ4v) is 2.20. The van der Waals surface area contributed by atoms with Crippen LogP contribution in [-0.2, 0) is 0 Å². The third-order valence-electron chi connectivity index (χ3n) is 2.89. The Hall–Kier alpha value is 0.250. The minimum atomic E-state index is 0.783. The Bertz CT molecular complexity index is 123. The summed E-state index contributed by atoms with van der Waals surface area (Å²) in [5.74, 6) is 2.52. The molecule has 0 aromatic rings. The van der Waals surface area contributed by atoms with Crippen LogP contribution in [0.25, 0.3) is 0 Å². The van der Waals surface area contributed by atoms with Crippen LogP contribution >= 0.6 is 11.6 Å². The zero-order valence-electron chi connectivity index (χ0n) is 8.22. The summed E-state index contributed by atoms with van der Waals surface area (Å²) in [5, 5.41) is 0. The Morgan fingerprint density at radius 1 is 1.50 bits per heavy atom. The second-order valence-electron chi connectivity index (χ2n) is 4.14. The van der Waals surface area contributed by atoms with Gasteiger partial charge in [-0.3, -0.25) is 0 Å². The number of piperidine rings is 1. The van der Waals surface area contributed by atoms with Crippen molar-refractivity contribution in [1.82, 2.24) is 4.90 Å². The maximum absolute atomic E-state index is 5.72. The molecule has 2 heteroatoms. The first-order valence-electron chi connectivity index (χ1n) is 5.02. The van der Waals surface area contributed by atoms with Gasteiger partial charge in [-0.1, -0.05) is 13.8 Å². The van der Waals surface area contributed by atoms with Crippen molar-refractivity contribution in [3.8, 4) is 0 Å². The lowest BCUT2D eigenvalue weighted by molar-refractivity contribution is 0.153. The molecule has 1 saturated heterocycles. The highest BCUT2D eigenvalue weighted by atomic mass is 35.5. The topological polar surface area (TPSA) is 3.24 Å². The summed E-state index contributed by atoms with van der Waals surface area (Å²) < 4.78 is 0. The summed E-state index contributed by atoms with van der Waals surface area (Å²) in [5.41, 5.74) is 0. The Balaban J connectivity index is 2.30. The minimum Gasteiger partial charge on any atom is -0.302 e. The van der Waals surface area contributed by atoms with E-state index in [9.17, 15) is 0 Å². The molecule has 1 aliphatic rings. The van der Waals surface area contributed by atoms with E-state index in [1.54, 1.807) is 0 Å². The van der Waals surface area contributed by atoms with Crippen LogP contribution in [0, 0.1) is 11.8 Å². The van der Waals surface area contributed by atoms with Gasteiger partial charge in [0, 0.05) is 19.0 Å². The first-order chi connectivity index (χ1) is 5.74. The second-order valence-corrected chi connectivity index (χ2v) is 4.51. The molecule has 0 spiro atoms. The summed E-state index contributed by atoms with van der Waals surface area (Å²) in [6.07, 6.45) is 2.77. The van der Waals surface area contributed by atoms with Crippen LogP contribution in [0.15, 0.2) is 0 Å². The summed E-state index contributed by atoms with van der Waals surface area (Å²) >= 11 is 5.72. The third kappa shape index (κ3) is 2.95. The van der Waals surface area contributed by atoms with Gasteiger partial charge in [0.2, 0.25) is 0 Å². The number of rotatable bonds is 3. The van der Waals surface area contributed by atoms with E-state index in [1.807, 2.05) is 0 Å². The van der Waals surface area contributed by atoms with E-state index in [-0.39, 0.29) is 0 Å². The molecule has 12 heavy (non-hydrogen) atoms. The zero-order chi connectivity index (χ0) is 8.97. The third-order valence-corrected chi connectivity index (χ3v) is 3.05. The molecule has 1 heterocycles. The molecule has 72 valence electrons. The predicted molar refractivity (Wildman–Crippen MR) is 54.7 cm³/mol. The fourth-order valence-electron chi connectivity index (χ4n) is 1.96. The molecule has 1 fully saturated rings. The predicted octanol–water partition coefficient (Wildman–Crippen LogP) is 2.59. The molecular weight excluding hydrogens is 170 g/mol. The van der Waals surface area contributed by atoms with Gasteiger partial charge in [-0.25, -0.2) is 0 Å². The van der Waals surface area contributed by atoms with E-state index >= 15 is 0 Å². The molecule has 0 aliphatic carbocycles. The van der Waals surface area contributed by atoms with E-state index in [1.165, 1.54) is 25.9 Å². The maximum Gasteiger partial charge on any atom is 0.0351 e. The minimum absolute atomic E-state index is 0.783. The summed E-state index contributed by atoms with van der Waals surface area (Å²) in [6.45, 7) is 8.26. The molecule has 1 atom stereocenters. The van der Waals surface area contributed by atoms with E-state index in [0.717, 1.165) is 24.3 Å². The van der Waals surface area contributed by atoms with E-state index in [2.05, 4.69) is 18.7 Å². The van der Waals surface area contributed by atoms with Crippen molar-refractivity contribution in [2.75, 3.05) is 25.5 Å². The van der Waals surface area contributed by atoms with Gasteiger partial charge in [-0.15, -0.1) is 11.6 Å². The van der Waals surface area contributed by atoms with Crippen LogP contribution in [0.2, 0.25) is 0 Å². The molecule has 0 bridgehead atoms. The van der Waals surface area contributed by atoms with E-state index < -0.39 is 0 Å². The molecule has 0 unspecified atom stereocenters. The van der Waals surface area contributed by atoms with Gasteiger partial charge in [0.05, 0.1) is 0 Å². The van der Waals surface area contributed by atoms with Crippen molar-refractivity contribution in [2.45, 2.75) is 26.7 Å². The van der Waals surface area contributed by atoms with Crippen molar-refractivity contribution in [2.24, 2.45) is 11.8 Å². The lowest BCUT2D eigenvalue weighted by Crippen LogP contribution is -2.38. The highest BCUT2D eigenvalue weighted by Crippen LogP contribution is 2.22. The van der Waals surface area contributed by atoms with Gasteiger partial charge in [0.15, 0.2) is 0 Å². The number of hydrogen-bond acceptors (Lipinski definition) is 1. The molecule has 0 aromatic heterocycles. The SMILES string of the molecule is CC(C)[C@H]1CCCN(CCCl)C1. The zero-order valence-corrected chi connectivity index (χ0v) is 8.98. The van der Waals surface area contributed by atoms with Gasteiger partial charge in [-0.05, 0) is 31.2 Å². The van der Waals surface area contributed by atoms with Gasteiger partial charge in [0.1, 0.15) is 0 Å². The average molecular weight is 190 g/mol. The number of alkyl halides is 1. The van der Waals surface area contributed by atoms with Crippen LogP contribution < -0.4 is 0 Å². The molecule has 1 aliphatic heterocycles. The van der Waals surface area contributed by atoms with Gasteiger partial charge < -0.3 is 4.90 Å². The Morgan fingerprint density at radius 3 is 2.83 bits per heavy atom. The van der Waals surface area contributed by atoms with Crippen LogP contribution in [-0.4, -0.2) is 30.4 Å². The number of hydrogen-bond donors (Lipinski definition) is 0. The lowest BCUT2D eigenvalue weighted by atomic mass is 9.88. The first-order valence-corrected chi connectivity index (χ1v) is 5.55. The monoisotopic (exact) mass is 189 g/mol. The normalized spacial score (nSPS) is 26.5. The highest BCUT2D eigenvalue weighted by Gasteiger charge is 2.21. The van der Waals surface area contributed by atoms with Crippen molar-refractivity contribution in [3.05, 3.63) is 0 Å². The van der Waals surface area contributed by atoms with Gasteiger partial charge in [-0.2, -0.15) is 0 Å². The van der Waals surface area contributed by atoms with E-state index in [4.69, 9.17) is 11.6 Å². The largest absolute Gasteiger partial charge is 0.302 e. The molecule has 0 N–H and O–H groups in total. The van der Waals surface area contributed by atoms with Crippen LogP contribution in [0.4, 0.5) is 0 Å². The number of nitrogens with zero attached hydrogens (tertiary/aromatic N) is 1.